The highest BCUT2D eigenvalue weighted by atomic mass is 16.5. The molecule has 0 spiro atoms. The van der Waals surface area contributed by atoms with Gasteiger partial charge in [0.25, 0.3) is 5.91 Å². The minimum atomic E-state index is -0.301. The normalized spacial score (nSPS) is 15.6. The van der Waals surface area contributed by atoms with Crippen LogP contribution in [0.3, 0.4) is 0 Å². The SMILES string of the molecule is COc1c(NC(=O)c2ccc(C)c(Oc3ccnc(CC4CCNCC4)c3)c2)cc(C(C)(C)C)cc1NC(=O)C1CC1. The summed E-state index contributed by atoms with van der Waals surface area (Å²) < 4.78 is 12.0. The molecule has 1 aliphatic carbocycles. The number of methoxy groups -OCH3 is 1. The standard InChI is InChI=1S/C34H42N4O4/c1-21-6-7-24(17-30(21)42-27-12-15-36-26(20-27)16-22-10-13-35-14-11-22)33(40)38-29-19-25(34(2,3)4)18-28(31(29)41-5)37-32(39)23-8-9-23/h6-7,12,15,17-20,22-23,35H,8-11,13-14,16H2,1-5H3,(H,37,39)(H,38,40). The molecule has 1 aliphatic heterocycles. The number of hydrogen-bond acceptors (Lipinski definition) is 6. The second kappa shape index (κ2) is 12.5. The molecule has 3 aromatic rings. The van der Waals surface area contributed by atoms with Crippen molar-refractivity contribution in [2.24, 2.45) is 11.8 Å². The molecule has 8 nitrogen and oxygen atoms in total. The largest absolute Gasteiger partial charge is 0.492 e. The highest BCUT2D eigenvalue weighted by molar-refractivity contribution is 6.06. The van der Waals surface area contributed by atoms with Crippen LogP contribution in [0.4, 0.5) is 11.4 Å². The Morgan fingerprint density at radius 2 is 1.69 bits per heavy atom. The average molecular weight is 571 g/mol. The van der Waals surface area contributed by atoms with Gasteiger partial charge in [0.2, 0.25) is 5.91 Å². The predicted molar refractivity (Wildman–Crippen MR) is 166 cm³/mol. The van der Waals surface area contributed by atoms with E-state index in [0.717, 1.165) is 62.0 Å². The number of nitrogens with one attached hydrogen (secondary N) is 3. The number of carbonyl (C=O) groups is 2. The van der Waals surface area contributed by atoms with E-state index in [2.05, 4.69) is 41.7 Å². The van der Waals surface area contributed by atoms with Gasteiger partial charge in [0, 0.05) is 29.4 Å². The fourth-order valence-corrected chi connectivity index (χ4v) is 5.23. The minimum Gasteiger partial charge on any atom is -0.492 e. The van der Waals surface area contributed by atoms with Gasteiger partial charge in [0.1, 0.15) is 11.5 Å². The Kier molecular flexibility index (Phi) is 8.82. The molecule has 1 aromatic heterocycles. The van der Waals surface area contributed by atoms with Crippen LogP contribution in [0.2, 0.25) is 0 Å². The second-order valence-electron chi connectivity index (χ2n) is 12.5. The highest BCUT2D eigenvalue weighted by Gasteiger charge is 2.31. The van der Waals surface area contributed by atoms with Crippen LogP contribution in [0, 0.1) is 18.8 Å². The van der Waals surface area contributed by atoms with E-state index in [-0.39, 0.29) is 23.1 Å². The Balaban J connectivity index is 1.36. The fraction of sp³-hybridized carbons (Fsp3) is 0.441. The monoisotopic (exact) mass is 570 g/mol. The molecular weight excluding hydrogens is 528 g/mol. The Morgan fingerprint density at radius 1 is 0.976 bits per heavy atom. The first kappa shape index (κ1) is 29.6. The van der Waals surface area contributed by atoms with Gasteiger partial charge in [-0.2, -0.15) is 0 Å². The van der Waals surface area contributed by atoms with Crippen LogP contribution in [-0.2, 0) is 16.6 Å². The predicted octanol–water partition coefficient (Wildman–Crippen LogP) is 6.63. The molecular formula is C34H42N4O4. The molecule has 0 unspecified atom stereocenters. The van der Waals surface area contributed by atoms with Crippen molar-refractivity contribution in [1.29, 1.82) is 0 Å². The van der Waals surface area contributed by atoms with Gasteiger partial charge in [-0.25, -0.2) is 0 Å². The van der Waals surface area contributed by atoms with E-state index in [1.54, 1.807) is 25.4 Å². The summed E-state index contributed by atoms with van der Waals surface area (Å²) in [7, 11) is 1.54. The zero-order valence-electron chi connectivity index (χ0n) is 25.3. The molecule has 222 valence electrons. The van der Waals surface area contributed by atoms with Gasteiger partial charge in [0.05, 0.1) is 18.5 Å². The number of anilines is 2. The van der Waals surface area contributed by atoms with Gasteiger partial charge in [-0.3, -0.25) is 14.6 Å². The zero-order valence-corrected chi connectivity index (χ0v) is 25.3. The molecule has 3 N–H and O–H groups in total. The molecule has 2 heterocycles. The van der Waals surface area contributed by atoms with Crippen LogP contribution in [-0.4, -0.2) is 37.0 Å². The van der Waals surface area contributed by atoms with Crippen LogP contribution in [0.15, 0.2) is 48.7 Å². The Labute approximate surface area is 248 Å². The van der Waals surface area contributed by atoms with E-state index in [4.69, 9.17) is 9.47 Å². The van der Waals surface area contributed by atoms with Crippen molar-refractivity contribution in [2.75, 3.05) is 30.8 Å². The topological polar surface area (TPSA) is 102 Å². The maximum atomic E-state index is 13.6. The van der Waals surface area contributed by atoms with E-state index < -0.39 is 0 Å². The van der Waals surface area contributed by atoms with Gasteiger partial charge in [-0.05, 0) is 105 Å². The number of piperidine rings is 1. The maximum Gasteiger partial charge on any atom is 0.255 e. The number of pyridine rings is 1. The van der Waals surface area contributed by atoms with Crippen molar-refractivity contribution in [2.45, 2.75) is 65.2 Å². The smallest absolute Gasteiger partial charge is 0.255 e. The molecule has 2 aromatic carbocycles. The summed E-state index contributed by atoms with van der Waals surface area (Å²) in [6.07, 6.45) is 6.81. The van der Waals surface area contributed by atoms with Gasteiger partial charge in [0.15, 0.2) is 5.75 Å². The van der Waals surface area contributed by atoms with Gasteiger partial charge in [-0.15, -0.1) is 0 Å². The number of benzene rings is 2. The number of aromatic nitrogens is 1. The average Bonchev–Trinajstić information content (AvgIpc) is 3.80. The van der Waals surface area contributed by atoms with Crippen molar-refractivity contribution >= 4 is 23.2 Å². The van der Waals surface area contributed by atoms with E-state index in [0.29, 0.717) is 40.1 Å². The van der Waals surface area contributed by atoms with Crippen molar-refractivity contribution in [3.63, 3.8) is 0 Å². The van der Waals surface area contributed by atoms with Crippen LogP contribution >= 0.6 is 0 Å². The van der Waals surface area contributed by atoms with Crippen molar-refractivity contribution in [1.82, 2.24) is 10.3 Å². The fourth-order valence-electron chi connectivity index (χ4n) is 5.23. The first-order valence-electron chi connectivity index (χ1n) is 14.9. The van der Waals surface area contributed by atoms with Crippen LogP contribution < -0.4 is 25.4 Å². The third-order valence-electron chi connectivity index (χ3n) is 8.04. The summed E-state index contributed by atoms with van der Waals surface area (Å²) >= 11 is 0. The Hall–Kier alpha value is -3.91. The zero-order chi connectivity index (χ0) is 29.9. The number of aryl methyl sites for hydroxylation is 1. The molecule has 1 saturated heterocycles. The van der Waals surface area contributed by atoms with Crippen molar-refractivity contribution < 1.29 is 19.1 Å². The number of rotatable bonds is 9. The highest BCUT2D eigenvalue weighted by Crippen LogP contribution is 2.40. The third kappa shape index (κ3) is 7.29. The lowest BCUT2D eigenvalue weighted by atomic mass is 9.86. The van der Waals surface area contributed by atoms with Gasteiger partial charge >= 0.3 is 0 Å². The quantitative estimate of drug-likeness (QED) is 0.267. The Bertz CT molecular complexity index is 1450. The maximum absolute atomic E-state index is 13.6. The van der Waals surface area contributed by atoms with Gasteiger partial charge in [-0.1, -0.05) is 26.8 Å². The summed E-state index contributed by atoms with van der Waals surface area (Å²) in [6.45, 7) is 10.3. The minimum absolute atomic E-state index is 0.0213. The lowest BCUT2D eigenvalue weighted by molar-refractivity contribution is -0.117. The summed E-state index contributed by atoms with van der Waals surface area (Å²) in [5, 5.41) is 9.46. The van der Waals surface area contributed by atoms with Crippen molar-refractivity contribution in [3.05, 3.63) is 71.0 Å². The summed E-state index contributed by atoms with van der Waals surface area (Å²) in [5.74, 6) is 2.07. The van der Waals surface area contributed by atoms with Gasteiger partial charge < -0.3 is 25.4 Å². The third-order valence-corrected chi connectivity index (χ3v) is 8.04. The molecule has 0 radical (unpaired) electrons. The summed E-state index contributed by atoms with van der Waals surface area (Å²) in [6, 6.07) is 13.1. The number of carbonyl (C=O) groups excluding carboxylic acids is 2. The second-order valence-corrected chi connectivity index (χ2v) is 12.5. The molecule has 2 amide bonds. The van der Waals surface area contributed by atoms with Crippen molar-refractivity contribution in [3.8, 4) is 17.2 Å². The molecule has 5 rings (SSSR count). The number of nitrogens with zero attached hydrogens (tertiary/aromatic N) is 1. The molecule has 1 saturated carbocycles. The number of amides is 2. The van der Waals surface area contributed by atoms with Crippen LogP contribution in [0.25, 0.3) is 0 Å². The van der Waals surface area contributed by atoms with E-state index in [1.807, 2.05) is 37.3 Å². The summed E-state index contributed by atoms with van der Waals surface area (Å²) in [4.78, 5) is 30.8. The molecule has 2 aliphatic rings. The van der Waals surface area contributed by atoms with E-state index in [9.17, 15) is 9.59 Å². The number of hydrogen-bond donors (Lipinski definition) is 3. The Morgan fingerprint density at radius 3 is 2.36 bits per heavy atom. The van der Waals surface area contributed by atoms with E-state index in [1.165, 1.54) is 0 Å². The van der Waals surface area contributed by atoms with Crippen LogP contribution in [0.5, 0.6) is 17.2 Å². The molecule has 2 fully saturated rings. The molecule has 8 heteroatoms. The van der Waals surface area contributed by atoms with Crippen LogP contribution in [0.1, 0.15) is 73.6 Å². The summed E-state index contributed by atoms with van der Waals surface area (Å²) in [5.41, 5.74) is 4.19. The molecule has 0 bridgehead atoms. The number of ether oxygens (including phenoxy) is 2. The first-order valence-corrected chi connectivity index (χ1v) is 14.9. The lowest BCUT2D eigenvalue weighted by Gasteiger charge is -2.24. The molecule has 0 atom stereocenters. The molecule has 42 heavy (non-hydrogen) atoms. The lowest BCUT2D eigenvalue weighted by Crippen LogP contribution is -2.28. The van der Waals surface area contributed by atoms with E-state index >= 15 is 0 Å². The first-order chi connectivity index (χ1) is 20.1.